The number of fused-ring (bicyclic) bond motifs is 1. The van der Waals surface area contributed by atoms with Crippen molar-refractivity contribution < 1.29 is 14.0 Å². The van der Waals surface area contributed by atoms with Crippen molar-refractivity contribution in [1.29, 1.82) is 5.26 Å². The fourth-order valence-electron chi connectivity index (χ4n) is 2.84. The number of benzene rings is 1. The highest BCUT2D eigenvalue weighted by Crippen LogP contribution is 2.26. The predicted molar refractivity (Wildman–Crippen MR) is 89.5 cm³/mol. The molecule has 0 radical (unpaired) electrons. The number of hydrogen-bond donors (Lipinski definition) is 1. The summed E-state index contributed by atoms with van der Waals surface area (Å²) in [6.07, 6.45) is 2.11. The molecule has 26 heavy (non-hydrogen) atoms. The van der Waals surface area contributed by atoms with Gasteiger partial charge >= 0.3 is 0 Å². The second-order valence-electron chi connectivity index (χ2n) is 6.09. The number of carbonyl (C=O) groups excluding carboxylic acids is 2. The van der Waals surface area contributed by atoms with Gasteiger partial charge in [0.15, 0.2) is 5.65 Å². The molecule has 1 aromatic carbocycles. The summed E-state index contributed by atoms with van der Waals surface area (Å²) < 4.78 is 15.0. The third-order valence-electron chi connectivity index (χ3n) is 4.30. The molecule has 0 spiro atoms. The Hall–Kier alpha value is -3.60. The number of nitrogens with zero attached hydrogens (tertiary/aromatic N) is 4. The topological polar surface area (TPSA) is 100 Å². The number of nitriles is 1. The van der Waals surface area contributed by atoms with Crippen molar-refractivity contribution in [2.45, 2.75) is 12.8 Å². The molecule has 1 amide bonds. The molecule has 3 aromatic rings. The summed E-state index contributed by atoms with van der Waals surface area (Å²) in [6, 6.07) is 9.33. The largest absolute Gasteiger partial charge is 0.300 e. The third-order valence-corrected chi connectivity index (χ3v) is 4.30. The maximum absolute atomic E-state index is 13.6. The lowest BCUT2D eigenvalue weighted by atomic mass is 9.83. The van der Waals surface area contributed by atoms with E-state index >= 15 is 0 Å². The van der Waals surface area contributed by atoms with Crippen LogP contribution in [0, 0.1) is 23.1 Å². The number of carbonyl (C=O) groups is 2. The summed E-state index contributed by atoms with van der Waals surface area (Å²) in [6.45, 7) is 0. The van der Waals surface area contributed by atoms with Crippen molar-refractivity contribution in [2.75, 3.05) is 5.32 Å². The van der Waals surface area contributed by atoms with Gasteiger partial charge in [0.1, 0.15) is 11.6 Å². The first-order valence-corrected chi connectivity index (χ1v) is 7.92. The Morgan fingerprint density at radius 3 is 2.85 bits per heavy atom. The van der Waals surface area contributed by atoms with E-state index in [0.717, 1.165) is 0 Å². The average Bonchev–Trinajstić information content (AvgIpc) is 3.00. The number of halogens is 1. The third kappa shape index (κ3) is 2.80. The number of anilines is 1. The van der Waals surface area contributed by atoms with Gasteiger partial charge in [0, 0.05) is 30.2 Å². The Bertz CT molecular complexity index is 1090. The first-order chi connectivity index (χ1) is 12.5. The van der Waals surface area contributed by atoms with E-state index in [1.165, 1.54) is 22.7 Å². The summed E-state index contributed by atoms with van der Waals surface area (Å²) in [5.74, 6) is -0.846. The molecule has 1 aliphatic carbocycles. The van der Waals surface area contributed by atoms with E-state index in [9.17, 15) is 19.2 Å². The molecule has 1 saturated carbocycles. The highest BCUT2D eigenvalue weighted by Gasteiger charge is 2.33. The second-order valence-corrected chi connectivity index (χ2v) is 6.09. The zero-order valence-corrected chi connectivity index (χ0v) is 13.4. The van der Waals surface area contributed by atoms with Crippen LogP contribution >= 0.6 is 0 Å². The van der Waals surface area contributed by atoms with Gasteiger partial charge in [0.2, 0.25) is 11.9 Å². The number of nitrogens with one attached hydrogen (secondary N) is 1. The molecule has 0 atom stereocenters. The molecule has 0 aliphatic heterocycles. The number of aromatic nitrogens is 3. The van der Waals surface area contributed by atoms with Gasteiger partial charge in [-0.1, -0.05) is 0 Å². The normalized spacial score (nSPS) is 14.1. The molecule has 2 heterocycles. The van der Waals surface area contributed by atoms with Crippen LogP contribution in [0.15, 0.2) is 36.5 Å². The molecular weight excluding hydrogens is 337 g/mol. The molecule has 2 aromatic heterocycles. The number of Topliss-reactive ketones (excluding diaryl/α,β-unsaturated/α-hetero) is 1. The minimum absolute atomic E-state index is 0.0705. The lowest BCUT2D eigenvalue weighted by Crippen LogP contribution is -2.34. The van der Waals surface area contributed by atoms with Gasteiger partial charge < -0.3 is 0 Å². The molecule has 7 nitrogen and oxygen atoms in total. The zero-order valence-electron chi connectivity index (χ0n) is 13.4. The minimum Gasteiger partial charge on any atom is -0.300 e. The van der Waals surface area contributed by atoms with Gasteiger partial charge in [-0.25, -0.2) is 8.91 Å². The Kier molecular flexibility index (Phi) is 3.69. The maximum Gasteiger partial charge on any atom is 0.249 e. The fourth-order valence-corrected chi connectivity index (χ4v) is 2.84. The monoisotopic (exact) mass is 349 g/mol. The Morgan fingerprint density at radius 2 is 2.12 bits per heavy atom. The number of pyridine rings is 1. The Morgan fingerprint density at radius 1 is 1.31 bits per heavy atom. The van der Waals surface area contributed by atoms with Crippen LogP contribution in [-0.4, -0.2) is 26.3 Å². The lowest BCUT2D eigenvalue weighted by Gasteiger charge is -2.21. The molecule has 128 valence electrons. The number of ketones is 1. The van der Waals surface area contributed by atoms with Gasteiger partial charge in [-0.3, -0.25) is 14.9 Å². The SMILES string of the molecule is N#Cc1ccc(F)cc1-c1ccc2nc(NC(=O)C3CC(=O)C3)nn2c1. The van der Waals surface area contributed by atoms with Crippen LogP contribution in [0.2, 0.25) is 0 Å². The van der Waals surface area contributed by atoms with E-state index in [0.29, 0.717) is 22.3 Å². The van der Waals surface area contributed by atoms with Crippen molar-refractivity contribution >= 4 is 23.3 Å². The molecule has 1 aliphatic rings. The lowest BCUT2D eigenvalue weighted by molar-refractivity contribution is -0.135. The number of rotatable bonds is 3. The predicted octanol–water partition coefficient (Wildman–Crippen LogP) is 2.32. The summed E-state index contributed by atoms with van der Waals surface area (Å²) in [5.41, 5.74) is 1.88. The van der Waals surface area contributed by atoms with E-state index < -0.39 is 5.82 Å². The summed E-state index contributed by atoms with van der Waals surface area (Å²) in [5, 5.41) is 16.0. The summed E-state index contributed by atoms with van der Waals surface area (Å²) in [7, 11) is 0. The van der Waals surface area contributed by atoms with E-state index in [2.05, 4.69) is 15.4 Å². The second kappa shape index (κ2) is 6.04. The Balaban J connectivity index is 1.64. The molecular formula is C18H12FN5O2. The van der Waals surface area contributed by atoms with Crippen molar-refractivity contribution in [1.82, 2.24) is 14.6 Å². The molecule has 1 fully saturated rings. The fraction of sp³-hybridized carbons (Fsp3) is 0.167. The van der Waals surface area contributed by atoms with E-state index in [1.807, 2.05) is 6.07 Å². The van der Waals surface area contributed by atoms with Crippen molar-refractivity contribution in [3.8, 4) is 17.2 Å². The summed E-state index contributed by atoms with van der Waals surface area (Å²) >= 11 is 0. The number of amides is 1. The minimum atomic E-state index is -0.444. The van der Waals surface area contributed by atoms with Crippen LogP contribution in [-0.2, 0) is 9.59 Å². The van der Waals surface area contributed by atoms with Gasteiger partial charge in [0.25, 0.3) is 0 Å². The molecule has 4 rings (SSSR count). The van der Waals surface area contributed by atoms with Gasteiger partial charge in [-0.2, -0.15) is 10.2 Å². The van der Waals surface area contributed by atoms with E-state index in [4.69, 9.17) is 0 Å². The quantitative estimate of drug-likeness (QED) is 0.782. The molecule has 0 saturated heterocycles. The molecule has 8 heteroatoms. The van der Waals surface area contributed by atoms with Crippen LogP contribution in [0.4, 0.5) is 10.3 Å². The van der Waals surface area contributed by atoms with Gasteiger partial charge in [-0.15, -0.1) is 5.10 Å². The van der Waals surface area contributed by atoms with Crippen molar-refractivity contribution in [3.63, 3.8) is 0 Å². The molecule has 1 N–H and O–H groups in total. The molecule has 0 bridgehead atoms. The van der Waals surface area contributed by atoms with Gasteiger partial charge in [-0.05, 0) is 30.3 Å². The van der Waals surface area contributed by atoms with Crippen LogP contribution in [0.5, 0.6) is 0 Å². The Labute approximate surface area is 147 Å². The average molecular weight is 349 g/mol. The first-order valence-electron chi connectivity index (χ1n) is 7.92. The van der Waals surface area contributed by atoms with Gasteiger partial charge in [0.05, 0.1) is 17.6 Å². The van der Waals surface area contributed by atoms with Crippen LogP contribution in [0.3, 0.4) is 0 Å². The van der Waals surface area contributed by atoms with Crippen LogP contribution in [0.25, 0.3) is 16.8 Å². The number of hydrogen-bond acceptors (Lipinski definition) is 5. The van der Waals surface area contributed by atoms with Crippen LogP contribution in [0.1, 0.15) is 18.4 Å². The summed E-state index contributed by atoms with van der Waals surface area (Å²) in [4.78, 5) is 27.2. The van der Waals surface area contributed by atoms with E-state index in [1.54, 1.807) is 18.3 Å². The molecule has 0 unspecified atom stereocenters. The standard InChI is InChI=1S/C18H12FN5O2/c19-13-3-1-10(8-20)15(7-13)11-2-4-16-21-18(23-24(16)9-11)22-17(26)12-5-14(25)6-12/h1-4,7,9,12H,5-6H2,(H,22,23,26). The maximum atomic E-state index is 13.6. The highest BCUT2D eigenvalue weighted by atomic mass is 19.1. The van der Waals surface area contributed by atoms with Crippen molar-refractivity contribution in [3.05, 3.63) is 47.9 Å². The smallest absolute Gasteiger partial charge is 0.249 e. The zero-order chi connectivity index (χ0) is 18.3. The van der Waals surface area contributed by atoms with Crippen LogP contribution < -0.4 is 5.32 Å². The van der Waals surface area contributed by atoms with Crippen molar-refractivity contribution in [2.24, 2.45) is 5.92 Å². The highest BCUT2D eigenvalue weighted by molar-refractivity contribution is 6.01. The van der Waals surface area contributed by atoms with E-state index in [-0.39, 0.29) is 36.4 Å². The first kappa shape index (κ1) is 15.9.